The minimum Gasteiger partial charge on any atom is -0.399 e. The van der Waals surface area contributed by atoms with Crippen LogP contribution in [0.5, 0.6) is 0 Å². The Hall–Kier alpha value is -1.27. The van der Waals surface area contributed by atoms with Crippen molar-refractivity contribution in [2.45, 2.75) is 44.4 Å². The second kappa shape index (κ2) is 6.66. The summed E-state index contributed by atoms with van der Waals surface area (Å²) in [7, 11) is 0. The van der Waals surface area contributed by atoms with Crippen molar-refractivity contribution in [3.8, 4) is 0 Å². The first-order valence-corrected chi connectivity index (χ1v) is 7.22. The molecule has 1 unspecified atom stereocenters. The molecule has 0 saturated carbocycles. The normalized spacial score (nSPS) is 20.7. The number of anilines is 1. The van der Waals surface area contributed by atoms with Gasteiger partial charge in [0.25, 0.3) is 0 Å². The molecule has 1 saturated heterocycles. The Labute approximate surface area is 122 Å². The van der Waals surface area contributed by atoms with Crippen LogP contribution in [0.25, 0.3) is 0 Å². The van der Waals surface area contributed by atoms with Crippen LogP contribution in [0, 0.1) is 0 Å². The monoisotopic (exact) mass is 302 g/mol. The van der Waals surface area contributed by atoms with Crippen LogP contribution < -0.4 is 5.73 Å². The van der Waals surface area contributed by atoms with Crippen LogP contribution in [0.2, 0.25) is 0 Å². The lowest BCUT2D eigenvalue weighted by Crippen LogP contribution is -2.39. The van der Waals surface area contributed by atoms with Gasteiger partial charge in [-0.1, -0.05) is 12.5 Å². The second-order valence-electron chi connectivity index (χ2n) is 5.55. The number of nitrogens with zero attached hydrogens (tertiary/aromatic N) is 1. The summed E-state index contributed by atoms with van der Waals surface area (Å²) in [6.45, 7) is 1.08. The van der Waals surface area contributed by atoms with E-state index < -0.39 is 11.7 Å². The fourth-order valence-electron chi connectivity index (χ4n) is 2.96. The van der Waals surface area contributed by atoms with Gasteiger partial charge < -0.3 is 10.8 Å². The van der Waals surface area contributed by atoms with Crippen molar-refractivity contribution in [2.24, 2.45) is 0 Å². The number of hydrogen-bond donors (Lipinski definition) is 2. The fraction of sp³-hybridized carbons (Fsp3) is 0.600. The highest BCUT2D eigenvalue weighted by Crippen LogP contribution is 2.34. The van der Waals surface area contributed by atoms with E-state index >= 15 is 0 Å². The third-order valence-electron chi connectivity index (χ3n) is 4.02. The van der Waals surface area contributed by atoms with Gasteiger partial charge in [-0.3, -0.25) is 4.90 Å². The molecule has 0 amide bonds. The number of likely N-dealkylation sites (tertiary alicyclic amines) is 1. The van der Waals surface area contributed by atoms with Crippen molar-refractivity contribution in [1.82, 2.24) is 4.90 Å². The van der Waals surface area contributed by atoms with Gasteiger partial charge in [-0.05, 0) is 43.5 Å². The van der Waals surface area contributed by atoms with Crippen molar-refractivity contribution < 1.29 is 18.3 Å². The molecule has 1 aliphatic rings. The van der Waals surface area contributed by atoms with Crippen LogP contribution in [-0.2, 0) is 12.7 Å². The van der Waals surface area contributed by atoms with E-state index in [0.29, 0.717) is 6.42 Å². The maximum atomic E-state index is 13.1. The standard InChI is InChI=1S/C15H21F3N2O/c16-15(17,18)14-9-12(19)5-4-11(14)10-20-7-2-1-3-13(20)6-8-21/h4-5,9,13,21H,1-3,6-8,10,19H2. The number of rotatable bonds is 4. The topological polar surface area (TPSA) is 49.5 Å². The zero-order valence-electron chi connectivity index (χ0n) is 11.9. The number of hydrogen-bond acceptors (Lipinski definition) is 3. The third kappa shape index (κ3) is 4.11. The van der Waals surface area contributed by atoms with Crippen LogP contribution in [0.1, 0.15) is 36.8 Å². The van der Waals surface area contributed by atoms with Crippen molar-refractivity contribution in [3.63, 3.8) is 0 Å². The molecular formula is C15H21F3N2O. The highest BCUT2D eigenvalue weighted by atomic mass is 19.4. The maximum absolute atomic E-state index is 13.1. The fourth-order valence-corrected chi connectivity index (χ4v) is 2.96. The van der Waals surface area contributed by atoms with Crippen LogP contribution >= 0.6 is 0 Å². The summed E-state index contributed by atoms with van der Waals surface area (Å²) in [6.07, 6.45) is -0.812. The number of nitrogens with two attached hydrogens (primary N) is 1. The Morgan fingerprint density at radius 3 is 2.71 bits per heavy atom. The Bertz CT molecular complexity index is 474. The Kier molecular flexibility index (Phi) is 5.11. The van der Waals surface area contributed by atoms with E-state index in [4.69, 9.17) is 10.8 Å². The van der Waals surface area contributed by atoms with Gasteiger partial charge in [0.1, 0.15) is 0 Å². The van der Waals surface area contributed by atoms with Crippen LogP contribution in [-0.4, -0.2) is 29.2 Å². The van der Waals surface area contributed by atoms with Gasteiger partial charge in [-0.15, -0.1) is 0 Å². The smallest absolute Gasteiger partial charge is 0.399 e. The number of aliphatic hydroxyl groups excluding tert-OH is 1. The molecule has 1 aliphatic heterocycles. The zero-order chi connectivity index (χ0) is 15.5. The first-order chi connectivity index (χ1) is 9.91. The summed E-state index contributed by atoms with van der Waals surface area (Å²) in [6, 6.07) is 4.13. The summed E-state index contributed by atoms with van der Waals surface area (Å²) >= 11 is 0. The highest BCUT2D eigenvalue weighted by molar-refractivity contribution is 5.46. The predicted molar refractivity (Wildman–Crippen MR) is 75.6 cm³/mol. The average Bonchev–Trinajstić information content (AvgIpc) is 2.42. The molecular weight excluding hydrogens is 281 g/mol. The predicted octanol–water partition coefficient (Wildman–Crippen LogP) is 3.02. The Balaban J connectivity index is 2.21. The van der Waals surface area contributed by atoms with Gasteiger partial charge in [0, 0.05) is 24.9 Å². The molecule has 118 valence electrons. The molecule has 3 N–H and O–H groups in total. The summed E-state index contributed by atoms with van der Waals surface area (Å²) in [4.78, 5) is 2.04. The summed E-state index contributed by atoms with van der Waals surface area (Å²) in [5, 5.41) is 9.10. The van der Waals surface area contributed by atoms with Crippen LogP contribution in [0.15, 0.2) is 18.2 Å². The van der Waals surface area contributed by atoms with E-state index in [9.17, 15) is 13.2 Å². The third-order valence-corrected chi connectivity index (χ3v) is 4.02. The molecule has 1 heterocycles. The van der Waals surface area contributed by atoms with Gasteiger partial charge >= 0.3 is 6.18 Å². The number of alkyl halides is 3. The molecule has 6 heteroatoms. The van der Waals surface area contributed by atoms with E-state index in [1.54, 1.807) is 0 Å². The summed E-state index contributed by atoms with van der Waals surface area (Å²) in [5.74, 6) is 0. The lowest BCUT2D eigenvalue weighted by atomic mass is 9.97. The van der Waals surface area contributed by atoms with Gasteiger partial charge in [0.15, 0.2) is 0 Å². The molecule has 0 spiro atoms. The van der Waals surface area contributed by atoms with E-state index in [2.05, 4.69) is 0 Å². The van der Waals surface area contributed by atoms with Crippen LogP contribution in [0.4, 0.5) is 18.9 Å². The first-order valence-electron chi connectivity index (χ1n) is 7.22. The largest absolute Gasteiger partial charge is 0.416 e. The SMILES string of the molecule is Nc1ccc(CN2CCCCC2CCO)c(C(F)(F)F)c1. The van der Waals surface area contributed by atoms with E-state index in [-0.39, 0.29) is 30.4 Å². The molecule has 1 atom stereocenters. The highest BCUT2D eigenvalue weighted by Gasteiger charge is 2.34. The van der Waals surface area contributed by atoms with Gasteiger partial charge in [0.2, 0.25) is 0 Å². The number of nitrogen functional groups attached to an aromatic ring is 1. The molecule has 0 aliphatic carbocycles. The first kappa shape index (κ1) is 16.1. The summed E-state index contributed by atoms with van der Waals surface area (Å²) < 4.78 is 39.3. The summed E-state index contributed by atoms with van der Waals surface area (Å²) in [5.41, 5.74) is 5.20. The molecule has 21 heavy (non-hydrogen) atoms. The minimum atomic E-state index is -4.40. The number of benzene rings is 1. The molecule has 1 fully saturated rings. The minimum absolute atomic E-state index is 0.0645. The average molecular weight is 302 g/mol. The Morgan fingerprint density at radius 2 is 2.05 bits per heavy atom. The molecule has 1 aromatic carbocycles. The van der Waals surface area contributed by atoms with E-state index in [0.717, 1.165) is 31.9 Å². The molecule has 0 bridgehead atoms. The Morgan fingerprint density at radius 1 is 1.29 bits per heavy atom. The van der Waals surface area contributed by atoms with Crippen LogP contribution in [0.3, 0.4) is 0 Å². The maximum Gasteiger partial charge on any atom is 0.416 e. The quantitative estimate of drug-likeness (QED) is 0.841. The number of aliphatic hydroxyl groups is 1. The lowest BCUT2D eigenvalue weighted by molar-refractivity contribution is -0.138. The molecule has 1 aromatic rings. The molecule has 0 aromatic heterocycles. The van der Waals surface area contributed by atoms with Crippen molar-refractivity contribution in [1.29, 1.82) is 0 Å². The van der Waals surface area contributed by atoms with Crippen molar-refractivity contribution >= 4 is 5.69 Å². The second-order valence-corrected chi connectivity index (χ2v) is 5.55. The molecule has 2 rings (SSSR count). The number of piperidine rings is 1. The molecule has 3 nitrogen and oxygen atoms in total. The lowest BCUT2D eigenvalue weighted by Gasteiger charge is -2.36. The van der Waals surface area contributed by atoms with E-state index in [1.807, 2.05) is 4.90 Å². The number of halogens is 3. The zero-order valence-corrected chi connectivity index (χ0v) is 11.9. The van der Waals surface area contributed by atoms with E-state index in [1.165, 1.54) is 12.1 Å². The van der Waals surface area contributed by atoms with Crippen molar-refractivity contribution in [2.75, 3.05) is 18.9 Å². The van der Waals surface area contributed by atoms with Gasteiger partial charge in [-0.25, -0.2) is 0 Å². The van der Waals surface area contributed by atoms with Gasteiger partial charge in [0.05, 0.1) is 5.56 Å². The van der Waals surface area contributed by atoms with Crippen molar-refractivity contribution in [3.05, 3.63) is 29.3 Å². The van der Waals surface area contributed by atoms with Gasteiger partial charge in [-0.2, -0.15) is 13.2 Å². The molecule has 0 radical (unpaired) electrons.